The Morgan fingerprint density at radius 2 is 2.17 bits per heavy atom. The third-order valence-electron chi connectivity index (χ3n) is 4.36. The minimum atomic E-state index is 0.303. The second kappa shape index (κ2) is 4.67. The molecule has 2 aliphatic heterocycles. The summed E-state index contributed by atoms with van der Waals surface area (Å²) >= 11 is 0. The van der Waals surface area contributed by atoms with Gasteiger partial charge in [-0.25, -0.2) is 4.98 Å². The van der Waals surface area contributed by atoms with E-state index in [1.54, 1.807) is 0 Å². The summed E-state index contributed by atoms with van der Waals surface area (Å²) in [6.07, 6.45) is 6.84. The molecule has 1 saturated heterocycles. The number of likely N-dealkylation sites (tertiary alicyclic amines) is 1. The van der Waals surface area contributed by atoms with E-state index >= 15 is 0 Å². The minimum Gasteiger partial charge on any atom is -0.334 e. The monoisotopic (exact) mass is 248 g/mol. The molecule has 0 bridgehead atoms. The van der Waals surface area contributed by atoms with E-state index in [1.165, 1.54) is 30.9 Å². The van der Waals surface area contributed by atoms with E-state index in [-0.39, 0.29) is 0 Å². The molecule has 0 saturated carbocycles. The molecule has 2 unspecified atom stereocenters. The molecule has 100 valence electrons. The molecule has 2 atom stereocenters. The number of fused-ring (bicyclic) bond motifs is 1. The Kier molecular flexibility index (Phi) is 3.16. The maximum absolute atomic E-state index is 6.02. The van der Waals surface area contributed by atoms with Crippen LogP contribution in [0, 0.1) is 0 Å². The van der Waals surface area contributed by atoms with Crippen molar-refractivity contribution in [3.63, 3.8) is 0 Å². The molecule has 4 heteroatoms. The third-order valence-corrected chi connectivity index (χ3v) is 4.36. The molecule has 1 fully saturated rings. The van der Waals surface area contributed by atoms with Crippen molar-refractivity contribution in [2.75, 3.05) is 6.54 Å². The summed E-state index contributed by atoms with van der Waals surface area (Å²) in [7, 11) is 0. The Bertz CT molecular complexity index is 423. The maximum atomic E-state index is 6.02. The van der Waals surface area contributed by atoms with Gasteiger partial charge in [0, 0.05) is 31.2 Å². The maximum Gasteiger partial charge on any atom is 0.110 e. The Hall–Kier alpha value is -0.870. The highest BCUT2D eigenvalue weighted by Gasteiger charge is 2.30. The lowest BCUT2D eigenvalue weighted by Crippen LogP contribution is -2.30. The van der Waals surface area contributed by atoms with Crippen LogP contribution in [0.25, 0.3) is 0 Å². The summed E-state index contributed by atoms with van der Waals surface area (Å²) in [5.41, 5.74) is 7.29. The van der Waals surface area contributed by atoms with Crippen LogP contribution in [0.5, 0.6) is 0 Å². The first-order valence-electron chi connectivity index (χ1n) is 7.22. The van der Waals surface area contributed by atoms with Gasteiger partial charge < -0.3 is 10.3 Å². The zero-order chi connectivity index (χ0) is 12.7. The van der Waals surface area contributed by atoms with Crippen molar-refractivity contribution in [2.24, 2.45) is 5.73 Å². The molecule has 4 nitrogen and oxygen atoms in total. The molecule has 0 aromatic carbocycles. The van der Waals surface area contributed by atoms with Crippen LogP contribution in [-0.4, -0.2) is 33.1 Å². The van der Waals surface area contributed by atoms with Crippen LogP contribution < -0.4 is 5.73 Å². The summed E-state index contributed by atoms with van der Waals surface area (Å²) in [6.45, 7) is 6.82. The van der Waals surface area contributed by atoms with Gasteiger partial charge in [-0.2, -0.15) is 0 Å². The molecular formula is C14H24N4. The van der Waals surface area contributed by atoms with Gasteiger partial charge in [-0.3, -0.25) is 4.90 Å². The standard InChI is InChI=1S/C14H24N4/c1-10(2)18-6-3-4-13(18)12-9-17-7-5-11(15)8-14(17)16-12/h9-11,13H,3-8,15H2,1-2H3. The lowest BCUT2D eigenvalue weighted by atomic mass is 10.1. The molecule has 0 aliphatic carbocycles. The average molecular weight is 248 g/mol. The number of nitrogens with zero attached hydrogens (tertiary/aromatic N) is 3. The van der Waals surface area contributed by atoms with Gasteiger partial charge in [0.25, 0.3) is 0 Å². The van der Waals surface area contributed by atoms with Gasteiger partial charge >= 0.3 is 0 Å². The van der Waals surface area contributed by atoms with Crippen LogP contribution in [-0.2, 0) is 13.0 Å². The molecule has 18 heavy (non-hydrogen) atoms. The van der Waals surface area contributed by atoms with Gasteiger partial charge in [-0.1, -0.05) is 0 Å². The number of hydrogen-bond acceptors (Lipinski definition) is 3. The summed E-state index contributed by atoms with van der Waals surface area (Å²) in [6, 6.07) is 1.44. The van der Waals surface area contributed by atoms with Crippen molar-refractivity contribution >= 4 is 0 Å². The molecular weight excluding hydrogens is 224 g/mol. The van der Waals surface area contributed by atoms with Gasteiger partial charge in [0.2, 0.25) is 0 Å². The van der Waals surface area contributed by atoms with Gasteiger partial charge in [0.1, 0.15) is 5.82 Å². The lowest BCUT2D eigenvalue weighted by molar-refractivity contribution is 0.202. The van der Waals surface area contributed by atoms with Crippen molar-refractivity contribution in [1.29, 1.82) is 0 Å². The molecule has 0 amide bonds. The first-order valence-corrected chi connectivity index (χ1v) is 7.22. The number of rotatable bonds is 2. The Morgan fingerprint density at radius 1 is 1.33 bits per heavy atom. The molecule has 0 spiro atoms. The highest BCUT2D eigenvalue weighted by Crippen LogP contribution is 2.33. The Balaban J connectivity index is 1.84. The smallest absolute Gasteiger partial charge is 0.110 e. The van der Waals surface area contributed by atoms with Gasteiger partial charge in [-0.05, 0) is 39.7 Å². The number of imidazole rings is 1. The zero-order valence-corrected chi connectivity index (χ0v) is 11.5. The summed E-state index contributed by atoms with van der Waals surface area (Å²) in [4.78, 5) is 7.43. The zero-order valence-electron chi connectivity index (χ0n) is 11.5. The fourth-order valence-electron chi connectivity index (χ4n) is 3.36. The van der Waals surface area contributed by atoms with Crippen LogP contribution in [0.4, 0.5) is 0 Å². The fraction of sp³-hybridized carbons (Fsp3) is 0.786. The first kappa shape index (κ1) is 12.2. The van der Waals surface area contributed by atoms with Gasteiger partial charge in [0.05, 0.1) is 11.7 Å². The quantitative estimate of drug-likeness (QED) is 0.866. The van der Waals surface area contributed by atoms with Crippen LogP contribution in [0.2, 0.25) is 0 Å². The number of hydrogen-bond donors (Lipinski definition) is 1. The first-order chi connectivity index (χ1) is 8.65. The Morgan fingerprint density at radius 3 is 2.94 bits per heavy atom. The predicted octanol–water partition coefficient (Wildman–Crippen LogP) is 1.70. The van der Waals surface area contributed by atoms with Gasteiger partial charge in [-0.15, -0.1) is 0 Å². The van der Waals surface area contributed by atoms with Crippen LogP contribution in [0.15, 0.2) is 6.20 Å². The summed E-state index contributed by atoms with van der Waals surface area (Å²) < 4.78 is 2.32. The van der Waals surface area contributed by atoms with E-state index in [2.05, 4.69) is 29.5 Å². The molecule has 2 N–H and O–H groups in total. The van der Waals surface area contributed by atoms with E-state index in [9.17, 15) is 0 Å². The van der Waals surface area contributed by atoms with Crippen molar-refractivity contribution in [3.8, 4) is 0 Å². The molecule has 1 aromatic rings. The average Bonchev–Trinajstić information content (AvgIpc) is 2.93. The van der Waals surface area contributed by atoms with E-state index in [0.29, 0.717) is 18.1 Å². The summed E-state index contributed by atoms with van der Waals surface area (Å²) in [5, 5.41) is 0. The largest absolute Gasteiger partial charge is 0.334 e. The van der Waals surface area contributed by atoms with Crippen molar-refractivity contribution in [2.45, 2.75) is 64.2 Å². The van der Waals surface area contributed by atoms with Gasteiger partial charge in [0.15, 0.2) is 0 Å². The van der Waals surface area contributed by atoms with Crippen LogP contribution in [0.3, 0.4) is 0 Å². The fourth-order valence-corrected chi connectivity index (χ4v) is 3.36. The summed E-state index contributed by atoms with van der Waals surface area (Å²) in [5.74, 6) is 1.19. The third kappa shape index (κ3) is 2.08. The van der Waals surface area contributed by atoms with Crippen LogP contribution >= 0.6 is 0 Å². The molecule has 0 radical (unpaired) electrons. The number of nitrogens with two attached hydrogens (primary N) is 1. The number of aryl methyl sites for hydroxylation is 1. The highest BCUT2D eigenvalue weighted by atomic mass is 15.2. The highest BCUT2D eigenvalue weighted by molar-refractivity contribution is 5.13. The molecule has 3 rings (SSSR count). The lowest BCUT2D eigenvalue weighted by Gasteiger charge is -2.26. The van der Waals surface area contributed by atoms with E-state index < -0.39 is 0 Å². The van der Waals surface area contributed by atoms with Crippen molar-refractivity contribution in [1.82, 2.24) is 14.5 Å². The SMILES string of the molecule is CC(C)N1CCCC1c1cn2c(n1)CC(N)CC2. The predicted molar refractivity (Wildman–Crippen MR) is 72.3 cm³/mol. The van der Waals surface area contributed by atoms with Crippen molar-refractivity contribution in [3.05, 3.63) is 17.7 Å². The number of aromatic nitrogens is 2. The van der Waals surface area contributed by atoms with E-state index in [1.807, 2.05) is 0 Å². The molecule has 3 heterocycles. The van der Waals surface area contributed by atoms with Crippen molar-refractivity contribution < 1.29 is 0 Å². The van der Waals surface area contributed by atoms with E-state index in [0.717, 1.165) is 19.4 Å². The minimum absolute atomic E-state index is 0.303. The van der Waals surface area contributed by atoms with E-state index in [4.69, 9.17) is 10.7 Å². The second-order valence-corrected chi connectivity index (χ2v) is 6.02. The normalized spacial score (nSPS) is 28.9. The topological polar surface area (TPSA) is 47.1 Å². The Labute approximate surface area is 109 Å². The van der Waals surface area contributed by atoms with Crippen LogP contribution in [0.1, 0.15) is 50.7 Å². The molecule has 2 aliphatic rings. The second-order valence-electron chi connectivity index (χ2n) is 6.02. The molecule has 1 aromatic heterocycles.